The van der Waals surface area contributed by atoms with E-state index in [9.17, 15) is 0 Å². The summed E-state index contributed by atoms with van der Waals surface area (Å²) in [5, 5.41) is 3.37. The fraction of sp³-hybridized carbons (Fsp3) is 1.00. The van der Waals surface area contributed by atoms with E-state index in [1.807, 2.05) is 0 Å². The molecule has 0 amide bonds. The maximum Gasteiger partial charge on any atom is 0.00932 e. The van der Waals surface area contributed by atoms with Crippen molar-refractivity contribution in [2.24, 2.45) is 11.8 Å². The summed E-state index contributed by atoms with van der Waals surface area (Å²) in [5.41, 5.74) is 0. The maximum atomic E-state index is 3.37. The predicted molar refractivity (Wildman–Crippen MR) is 60.4 cm³/mol. The summed E-state index contributed by atoms with van der Waals surface area (Å²) in [6.07, 6.45) is 4.20. The Balaban J connectivity index is 1.77. The number of hydrogen-bond donors (Lipinski definition) is 1. The van der Waals surface area contributed by atoms with Crippen molar-refractivity contribution < 1.29 is 0 Å². The van der Waals surface area contributed by atoms with Crippen LogP contribution in [-0.2, 0) is 0 Å². The van der Waals surface area contributed by atoms with E-state index in [1.54, 1.807) is 0 Å². The molecule has 2 aliphatic rings. The fourth-order valence-electron chi connectivity index (χ4n) is 2.83. The summed E-state index contributed by atoms with van der Waals surface area (Å²) in [4.78, 5) is 2.73. The Hall–Kier alpha value is -0.0800. The second-order valence-corrected chi connectivity index (χ2v) is 5.09. The summed E-state index contributed by atoms with van der Waals surface area (Å²) < 4.78 is 0. The molecule has 0 radical (unpaired) electrons. The van der Waals surface area contributed by atoms with Gasteiger partial charge in [-0.25, -0.2) is 0 Å². The molecule has 2 fully saturated rings. The van der Waals surface area contributed by atoms with E-state index in [0.29, 0.717) is 0 Å². The van der Waals surface area contributed by atoms with Gasteiger partial charge in [-0.2, -0.15) is 0 Å². The van der Waals surface area contributed by atoms with Crippen molar-refractivity contribution in [2.75, 3.05) is 26.2 Å². The van der Waals surface area contributed by atoms with Gasteiger partial charge in [-0.15, -0.1) is 0 Å². The van der Waals surface area contributed by atoms with Gasteiger partial charge in [0.2, 0.25) is 0 Å². The molecule has 2 heterocycles. The minimum absolute atomic E-state index is 0.892. The zero-order chi connectivity index (χ0) is 9.97. The monoisotopic (exact) mass is 196 g/mol. The van der Waals surface area contributed by atoms with E-state index in [4.69, 9.17) is 0 Å². The molecule has 2 unspecified atom stereocenters. The Bertz CT molecular complexity index is 177. The fourth-order valence-corrected chi connectivity index (χ4v) is 2.83. The van der Waals surface area contributed by atoms with E-state index >= 15 is 0 Å². The molecule has 0 aliphatic carbocycles. The highest BCUT2D eigenvalue weighted by molar-refractivity contribution is 4.85. The molecule has 2 heteroatoms. The zero-order valence-electron chi connectivity index (χ0n) is 9.63. The van der Waals surface area contributed by atoms with Crippen LogP contribution in [0.1, 0.15) is 33.1 Å². The number of likely N-dealkylation sites (tertiary alicyclic amines) is 1. The minimum Gasteiger partial charge on any atom is -0.316 e. The molecular weight excluding hydrogens is 172 g/mol. The molecule has 1 N–H and O–H groups in total. The van der Waals surface area contributed by atoms with Gasteiger partial charge in [-0.05, 0) is 50.7 Å². The topological polar surface area (TPSA) is 15.3 Å². The van der Waals surface area contributed by atoms with Crippen molar-refractivity contribution in [3.8, 4) is 0 Å². The third kappa shape index (κ3) is 2.12. The van der Waals surface area contributed by atoms with Crippen molar-refractivity contribution in [1.29, 1.82) is 0 Å². The molecule has 0 aromatic rings. The Morgan fingerprint density at radius 2 is 2.21 bits per heavy atom. The zero-order valence-corrected chi connectivity index (χ0v) is 9.63. The van der Waals surface area contributed by atoms with Crippen molar-refractivity contribution in [3.05, 3.63) is 0 Å². The first-order chi connectivity index (χ1) is 6.81. The van der Waals surface area contributed by atoms with Crippen LogP contribution in [0.15, 0.2) is 0 Å². The van der Waals surface area contributed by atoms with E-state index in [0.717, 1.165) is 17.9 Å². The molecule has 0 aromatic heterocycles. The predicted octanol–water partition coefficient (Wildman–Crippen LogP) is 1.72. The van der Waals surface area contributed by atoms with E-state index in [-0.39, 0.29) is 0 Å². The average Bonchev–Trinajstić information content (AvgIpc) is 2.48. The molecule has 2 saturated heterocycles. The summed E-state index contributed by atoms with van der Waals surface area (Å²) in [6, 6.07) is 0.894. The van der Waals surface area contributed by atoms with Gasteiger partial charge in [-0.3, -0.25) is 0 Å². The molecule has 2 nitrogen and oxygen atoms in total. The van der Waals surface area contributed by atoms with Crippen LogP contribution in [0.3, 0.4) is 0 Å². The Labute approximate surface area is 88.1 Å². The van der Waals surface area contributed by atoms with Gasteiger partial charge >= 0.3 is 0 Å². The lowest BCUT2D eigenvalue weighted by Crippen LogP contribution is -2.48. The lowest BCUT2D eigenvalue weighted by molar-refractivity contribution is 0.155. The van der Waals surface area contributed by atoms with Gasteiger partial charge in [0.05, 0.1) is 0 Å². The van der Waals surface area contributed by atoms with Crippen molar-refractivity contribution in [2.45, 2.75) is 39.2 Å². The van der Waals surface area contributed by atoms with Crippen LogP contribution in [0.25, 0.3) is 0 Å². The van der Waals surface area contributed by atoms with Crippen LogP contribution in [0, 0.1) is 11.8 Å². The van der Waals surface area contributed by atoms with Crippen LogP contribution >= 0.6 is 0 Å². The smallest absolute Gasteiger partial charge is 0.00932 e. The lowest BCUT2D eigenvalue weighted by Gasteiger charge is -2.36. The maximum absolute atomic E-state index is 3.37. The first-order valence-corrected chi connectivity index (χ1v) is 6.26. The minimum atomic E-state index is 0.892. The molecule has 2 atom stereocenters. The molecular formula is C12H24N2. The third-order valence-electron chi connectivity index (χ3n) is 4.11. The second kappa shape index (κ2) is 4.63. The molecule has 0 spiro atoms. The highest BCUT2D eigenvalue weighted by atomic mass is 15.2. The molecule has 82 valence electrons. The van der Waals surface area contributed by atoms with Gasteiger partial charge in [0.1, 0.15) is 0 Å². The summed E-state index contributed by atoms with van der Waals surface area (Å²) >= 11 is 0. The number of nitrogens with one attached hydrogen (secondary N) is 1. The van der Waals surface area contributed by atoms with Crippen LogP contribution in [0.4, 0.5) is 0 Å². The number of nitrogens with zero attached hydrogens (tertiary/aromatic N) is 1. The van der Waals surface area contributed by atoms with E-state index in [1.165, 1.54) is 45.4 Å². The highest BCUT2D eigenvalue weighted by Gasteiger charge is 2.29. The van der Waals surface area contributed by atoms with Gasteiger partial charge < -0.3 is 10.2 Å². The Morgan fingerprint density at radius 1 is 1.43 bits per heavy atom. The van der Waals surface area contributed by atoms with Crippen LogP contribution < -0.4 is 5.32 Å². The first-order valence-electron chi connectivity index (χ1n) is 6.26. The largest absolute Gasteiger partial charge is 0.316 e. The van der Waals surface area contributed by atoms with Gasteiger partial charge in [-0.1, -0.05) is 13.8 Å². The quantitative estimate of drug-likeness (QED) is 0.736. The molecule has 0 aromatic carbocycles. The second-order valence-electron chi connectivity index (χ2n) is 5.09. The molecule has 2 rings (SSSR count). The van der Waals surface area contributed by atoms with Gasteiger partial charge in [0, 0.05) is 12.6 Å². The number of rotatable bonds is 4. The van der Waals surface area contributed by atoms with Crippen LogP contribution in [-0.4, -0.2) is 37.1 Å². The van der Waals surface area contributed by atoms with E-state index < -0.39 is 0 Å². The van der Waals surface area contributed by atoms with Crippen LogP contribution in [0.5, 0.6) is 0 Å². The Morgan fingerprint density at radius 3 is 2.79 bits per heavy atom. The standard InChI is InChI=1S/C12H24N2/c1-3-12-5-4-6-14(12)9-10(2)11-7-13-8-11/h10-13H,3-9H2,1-2H3. The van der Waals surface area contributed by atoms with Crippen molar-refractivity contribution >= 4 is 0 Å². The molecule has 0 bridgehead atoms. The van der Waals surface area contributed by atoms with Crippen LogP contribution in [0.2, 0.25) is 0 Å². The number of hydrogen-bond acceptors (Lipinski definition) is 2. The summed E-state index contributed by atoms with van der Waals surface area (Å²) in [7, 11) is 0. The highest BCUT2D eigenvalue weighted by Crippen LogP contribution is 2.24. The third-order valence-corrected chi connectivity index (χ3v) is 4.11. The average molecular weight is 196 g/mol. The SMILES string of the molecule is CCC1CCCN1CC(C)C1CNC1. The first kappa shape index (κ1) is 10.4. The Kier molecular flexibility index (Phi) is 3.45. The molecule has 0 saturated carbocycles. The van der Waals surface area contributed by atoms with Gasteiger partial charge in [0.15, 0.2) is 0 Å². The molecule has 2 aliphatic heterocycles. The van der Waals surface area contributed by atoms with Gasteiger partial charge in [0.25, 0.3) is 0 Å². The van der Waals surface area contributed by atoms with Crippen molar-refractivity contribution in [3.63, 3.8) is 0 Å². The summed E-state index contributed by atoms with van der Waals surface area (Å²) in [6.45, 7) is 9.96. The van der Waals surface area contributed by atoms with Crippen molar-refractivity contribution in [1.82, 2.24) is 10.2 Å². The summed E-state index contributed by atoms with van der Waals surface area (Å²) in [5.74, 6) is 1.84. The normalized spacial score (nSPS) is 31.7. The molecule has 14 heavy (non-hydrogen) atoms. The van der Waals surface area contributed by atoms with E-state index in [2.05, 4.69) is 24.1 Å². The lowest BCUT2D eigenvalue weighted by atomic mass is 9.88.